The van der Waals surface area contributed by atoms with Gasteiger partial charge in [-0.25, -0.2) is 9.37 Å². The number of carbonyl (C=O) groups excluding carboxylic acids is 1. The Morgan fingerprint density at radius 2 is 2.15 bits per heavy atom. The molecule has 5 rings (SSSR count). The van der Waals surface area contributed by atoms with Crippen LogP contribution in [0.4, 0.5) is 21.7 Å². The second-order valence-corrected chi connectivity index (χ2v) is 9.46. The number of amides is 1. The lowest BCUT2D eigenvalue weighted by Crippen LogP contribution is -2.35. The highest BCUT2D eigenvalue weighted by Gasteiger charge is 2.34. The molecule has 2 saturated carbocycles. The molecule has 3 aromatic rings. The van der Waals surface area contributed by atoms with E-state index in [1.807, 2.05) is 0 Å². The number of carbonyl (C=O) groups is 1. The van der Waals surface area contributed by atoms with Crippen molar-refractivity contribution in [3.63, 3.8) is 0 Å². The topological polar surface area (TPSA) is 126 Å². The molecular formula is C23H28FN7O3. The average Bonchev–Trinajstić information content (AvgIpc) is 3.35. The maximum absolute atomic E-state index is 13.3. The summed E-state index contributed by atoms with van der Waals surface area (Å²) in [6.45, 7) is 1.77. The van der Waals surface area contributed by atoms with Crippen molar-refractivity contribution in [2.24, 2.45) is 0 Å². The average molecular weight is 470 g/mol. The first-order chi connectivity index (χ1) is 16.2. The summed E-state index contributed by atoms with van der Waals surface area (Å²) in [6, 6.07) is 4.80. The number of nitrogens with one attached hydrogen (secondary N) is 3. The number of rotatable bonds is 6. The molecule has 2 aliphatic rings. The molecule has 0 radical (unpaired) electrons. The zero-order valence-corrected chi connectivity index (χ0v) is 19.1. The van der Waals surface area contributed by atoms with E-state index < -0.39 is 11.8 Å². The fourth-order valence-corrected chi connectivity index (χ4v) is 4.75. The third-order valence-corrected chi connectivity index (χ3v) is 6.71. The van der Waals surface area contributed by atoms with Crippen molar-refractivity contribution in [3.8, 4) is 0 Å². The zero-order valence-electron chi connectivity index (χ0n) is 19.1. The van der Waals surface area contributed by atoms with E-state index in [9.17, 15) is 19.1 Å². The Hall–Kier alpha value is -3.47. The molecule has 10 nitrogen and oxygen atoms in total. The highest BCUT2D eigenvalue weighted by atomic mass is 19.1. The number of anilines is 3. The predicted molar refractivity (Wildman–Crippen MR) is 125 cm³/mol. The van der Waals surface area contributed by atoms with Gasteiger partial charge < -0.3 is 25.6 Å². The smallest absolute Gasteiger partial charge is 0.274 e. The van der Waals surface area contributed by atoms with Gasteiger partial charge in [-0.3, -0.25) is 9.59 Å². The van der Waals surface area contributed by atoms with Crippen LogP contribution in [0.25, 0.3) is 5.65 Å². The Balaban J connectivity index is 1.43. The van der Waals surface area contributed by atoms with Gasteiger partial charge in [-0.15, -0.1) is 0 Å². The summed E-state index contributed by atoms with van der Waals surface area (Å²) >= 11 is 0. The van der Waals surface area contributed by atoms with Crippen LogP contribution in [0.3, 0.4) is 0 Å². The molecule has 2 aliphatic carbocycles. The summed E-state index contributed by atoms with van der Waals surface area (Å²) in [5, 5.41) is 23.5. The maximum Gasteiger partial charge on any atom is 0.274 e. The van der Waals surface area contributed by atoms with Gasteiger partial charge in [-0.05, 0) is 51.2 Å². The van der Waals surface area contributed by atoms with E-state index in [4.69, 9.17) is 0 Å². The summed E-state index contributed by atoms with van der Waals surface area (Å²) in [5.41, 5.74) is -0.108. The first-order valence-electron chi connectivity index (χ1n) is 11.5. The van der Waals surface area contributed by atoms with E-state index in [2.05, 4.69) is 26.0 Å². The lowest BCUT2D eigenvalue weighted by molar-refractivity contribution is 0.0647. The summed E-state index contributed by atoms with van der Waals surface area (Å²) in [7, 11) is 1.72. The van der Waals surface area contributed by atoms with Crippen LogP contribution in [-0.4, -0.2) is 55.0 Å². The van der Waals surface area contributed by atoms with E-state index in [1.165, 1.54) is 10.7 Å². The zero-order chi connectivity index (χ0) is 24.0. The molecule has 11 heteroatoms. The lowest BCUT2D eigenvalue weighted by Gasteiger charge is -2.31. The fourth-order valence-electron chi connectivity index (χ4n) is 4.75. The van der Waals surface area contributed by atoms with Gasteiger partial charge in [0.05, 0.1) is 11.8 Å². The Labute approximate surface area is 195 Å². The predicted octanol–water partition coefficient (Wildman–Crippen LogP) is 2.38. The van der Waals surface area contributed by atoms with Gasteiger partial charge in [0.25, 0.3) is 11.5 Å². The molecule has 0 spiro atoms. The van der Waals surface area contributed by atoms with Crippen LogP contribution in [0.2, 0.25) is 0 Å². The van der Waals surface area contributed by atoms with Crippen LogP contribution in [0.1, 0.15) is 55.4 Å². The molecule has 0 aromatic carbocycles. The second-order valence-electron chi connectivity index (χ2n) is 9.46. The largest absolute Gasteiger partial charge is 0.390 e. The van der Waals surface area contributed by atoms with Crippen LogP contribution < -0.4 is 21.5 Å². The number of hydrogen-bond acceptors (Lipinski definition) is 7. The Morgan fingerprint density at radius 1 is 1.35 bits per heavy atom. The minimum Gasteiger partial charge on any atom is -0.390 e. The van der Waals surface area contributed by atoms with Crippen molar-refractivity contribution in [1.29, 1.82) is 0 Å². The molecule has 0 saturated heterocycles. The monoisotopic (exact) mass is 469 g/mol. The number of alkyl halides is 1. The van der Waals surface area contributed by atoms with Crippen LogP contribution >= 0.6 is 0 Å². The molecular weight excluding hydrogens is 441 g/mol. The number of hydrogen-bond donors (Lipinski definition) is 4. The van der Waals surface area contributed by atoms with Gasteiger partial charge in [0, 0.05) is 31.4 Å². The van der Waals surface area contributed by atoms with Gasteiger partial charge >= 0.3 is 0 Å². The third kappa shape index (κ3) is 4.11. The minimum atomic E-state index is -0.863. The van der Waals surface area contributed by atoms with Crippen LogP contribution in [0.15, 0.2) is 35.4 Å². The third-order valence-electron chi connectivity index (χ3n) is 6.71. The molecule has 3 aromatic heterocycles. The first-order valence-corrected chi connectivity index (χ1v) is 11.5. The molecule has 0 bridgehead atoms. The number of aromatic nitrogens is 4. The SMILES string of the molecule is CNc1cc(Nc2cccn([C@H]3C[C@H](F)C3)c2=O)nc2c(C(=O)NC3CC[C@](C)(O)C3)cnn12. The van der Waals surface area contributed by atoms with E-state index in [1.54, 1.807) is 42.9 Å². The highest BCUT2D eigenvalue weighted by molar-refractivity contribution is 6.00. The van der Waals surface area contributed by atoms with Crippen molar-refractivity contribution >= 4 is 28.9 Å². The second kappa shape index (κ2) is 8.39. The molecule has 34 heavy (non-hydrogen) atoms. The fraction of sp³-hybridized carbons (Fsp3) is 0.478. The number of nitrogens with zero attached hydrogens (tertiary/aromatic N) is 4. The van der Waals surface area contributed by atoms with Crippen LogP contribution in [-0.2, 0) is 0 Å². The Kier molecular flexibility index (Phi) is 5.51. The van der Waals surface area contributed by atoms with Gasteiger partial charge in [0.2, 0.25) is 0 Å². The molecule has 0 aliphatic heterocycles. The summed E-state index contributed by atoms with van der Waals surface area (Å²) in [5.74, 6) is 0.616. The van der Waals surface area contributed by atoms with Crippen molar-refractivity contribution in [1.82, 2.24) is 24.5 Å². The number of pyridine rings is 1. The van der Waals surface area contributed by atoms with Gasteiger partial charge in [-0.2, -0.15) is 9.61 Å². The molecule has 180 valence electrons. The van der Waals surface area contributed by atoms with E-state index in [-0.39, 0.29) is 23.6 Å². The van der Waals surface area contributed by atoms with Crippen LogP contribution in [0, 0.1) is 0 Å². The van der Waals surface area contributed by atoms with Crippen molar-refractivity contribution < 1.29 is 14.3 Å². The standard InChI is InChI=1S/C23H28FN7O3/c1-23(34)6-5-14(11-23)27-21(32)16-12-26-31-19(25-2)10-18(29-20(16)31)28-17-4-3-7-30(22(17)33)15-8-13(24)9-15/h3-4,7,10,12-15,25,34H,5-6,8-9,11H2,1-2H3,(H,27,32)(H,28,29)/t13-,14?,15-,23-/m0/s1. The minimum absolute atomic E-state index is 0.124. The molecule has 4 N–H and O–H groups in total. The molecule has 1 amide bonds. The van der Waals surface area contributed by atoms with Crippen molar-refractivity contribution in [3.05, 3.63) is 46.5 Å². The quantitative estimate of drug-likeness (QED) is 0.437. The summed E-state index contributed by atoms with van der Waals surface area (Å²) in [4.78, 5) is 30.5. The number of fused-ring (bicyclic) bond motifs is 1. The van der Waals surface area contributed by atoms with E-state index in [0.29, 0.717) is 60.6 Å². The van der Waals surface area contributed by atoms with Crippen molar-refractivity contribution in [2.45, 2.75) is 62.9 Å². The Morgan fingerprint density at radius 3 is 2.82 bits per heavy atom. The first kappa shape index (κ1) is 22.3. The lowest BCUT2D eigenvalue weighted by atomic mass is 9.90. The number of halogens is 1. The highest BCUT2D eigenvalue weighted by Crippen LogP contribution is 2.34. The van der Waals surface area contributed by atoms with E-state index in [0.717, 1.165) is 0 Å². The molecule has 3 heterocycles. The Bertz CT molecular complexity index is 1300. The maximum atomic E-state index is 13.3. The van der Waals surface area contributed by atoms with Gasteiger partial charge in [0.1, 0.15) is 29.1 Å². The van der Waals surface area contributed by atoms with Crippen molar-refractivity contribution in [2.75, 3.05) is 17.7 Å². The summed E-state index contributed by atoms with van der Waals surface area (Å²) in [6.07, 6.45) is 4.75. The number of aliphatic hydroxyl groups is 1. The molecule has 2 atom stereocenters. The van der Waals surface area contributed by atoms with Crippen LogP contribution in [0.5, 0.6) is 0 Å². The van der Waals surface area contributed by atoms with Gasteiger partial charge in [-0.1, -0.05) is 0 Å². The van der Waals surface area contributed by atoms with Gasteiger partial charge in [0.15, 0.2) is 5.65 Å². The summed E-state index contributed by atoms with van der Waals surface area (Å²) < 4.78 is 16.4. The molecule has 2 fully saturated rings. The van der Waals surface area contributed by atoms with E-state index >= 15 is 0 Å². The normalized spacial score (nSPS) is 26.3. The molecule has 1 unspecified atom stereocenters.